The molecule has 0 aliphatic carbocycles. The van der Waals surface area contributed by atoms with Gasteiger partial charge in [-0.3, -0.25) is 4.79 Å². The fraction of sp³-hybridized carbons (Fsp3) is 0.455. The SMILES string of the molecule is CCCN(CCC)c1cc(C(=O)N2CCN(c3ccccc3)CC2)ccn1. The number of rotatable bonds is 7. The zero-order valence-electron chi connectivity index (χ0n) is 16.5. The summed E-state index contributed by atoms with van der Waals surface area (Å²) in [4.78, 5) is 24.1. The van der Waals surface area contributed by atoms with Gasteiger partial charge in [0, 0.05) is 56.7 Å². The van der Waals surface area contributed by atoms with Crippen LogP contribution in [0.1, 0.15) is 37.0 Å². The maximum atomic E-state index is 13.0. The van der Waals surface area contributed by atoms with Crippen molar-refractivity contribution in [1.29, 1.82) is 0 Å². The minimum Gasteiger partial charge on any atom is -0.368 e. The highest BCUT2D eigenvalue weighted by Gasteiger charge is 2.23. The molecule has 1 aliphatic heterocycles. The van der Waals surface area contributed by atoms with Crippen molar-refractivity contribution in [3.63, 3.8) is 0 Å². The lowest BCUT2D eigenvalue weighted by atomic mass is 10.2. The third-order valence-electron chi connectivity index (χ3n) is 4.99. The second-order valence-corrected chi connectivity index (χ2v) is 7.00. The third kappa shape index (κ3) is 4.79. The Bertz CT molecular complexity index is 720. The molecule has 0 spiro atoms. The number of aromatic nitrogens is 1. The summed E-state index contributed by atoms with van der Waals surface area (Å²) in [6, 6.07) is 14.2. The molecule has 1 aromatic carbocycles. The Hall–Kier alpha value is -2.56. The van der Waals surface area contributed by atoms with E-state index in [9.17, 15) is 4.79 Å². The van der Waals surface area contributed by atoms with Crippen LogP contribution in [0.5, 0.6) is 0 Å². The van der Waals surface area contributed by atoms with E-state index in [1.165, 1.54) is 5.69 Å². The highest BCUT2D eigenvalue weighted by molar-refractivity contribution is 5.95. The molecule has 2 heterocycles. The maximum Gasteiger partial charge on any atom is 0.254 e. The molecule has 1 fully saturated rings. The van der Waals surface area contributed by atoms with E-state index < -0.39 is 0 Å². The Morgan fingerprint density at radius 1 is 1.00 bits per heavy atom. The van der Waals surface area contributed by atoms with E-state index in [2.05, 4.69) is 52.9 Å². The molecule has 0 radical (unpaired) electrons. The van der Waals surface area contributed by atoms with E-state index in [4.69, 9.17) is 0 Å². The van der Waals surface area contributed by atoms with E-state index in [0.29, 0.717) is 0 Å². The van der Waals surface area contributed by atoms with Gasteiger partial charge < -0.3 is 14.7 Å². The average molecular weight is 367 g/mol. The van der Waals surface area contributed by atoms with Crippen LogP contribution in [-0.2, 0) is 0 Å². The second kappa shape index (κ2) is 9.40. The molecule has 5 heteroatoms. The molecule has 3 rings (SSSR count). The van der Waals surface area contributed by atoms with Gasteiger partial charge in [-0.2, -0.15) is 0 Å². The third-order valence-corrected chi connectivity index (χ3v) is 4.99. The number of carbonyl (C=O) groups is 1. The molecule has 1 aromatic heterocycles. The first-order valence-electron chi connectivity index (χ1n) is 10.0. The van der Waals surface area contributed by atoms with Gasteiger partial charge in [0.25, 0.3) is 5.91 Å². The zero-order chi connectivity index (χ0) is 19.1. The quantitative estimate of drug-likeness (QED) is 0.750. The lowest BCUT2D eigenvalue weighted by molar-refractivity contribution is 0.0746. The van der Waals surface area contributed by atoms with Crippen molar-refractivity contribution in [1.82, 2.24) is 9.88 Å². The number of nitrogens with zero attached hydrogens (tertiary/aromatic N) is 4. The lowest BCUT2D eigenvalue weighted by Gasteiger charge is -2.36. The Kier molecular flexibility index (Phi) is 6.69. The monoisotopic (exact) mass is 366 g/mol. The van der Waals surface area contributed by atoms with Crippen LogP contribution in [0, 0.1) is 0 Å². The number of benzene rings is 1. The molecule has 1 saturated heterocycles. The van der Waals surface area contributed by atoms with Crippen molar-refractivity contribution in [3.8, 4) is 0 Å². The smallest absolute Gasteiger partial charge is 0.254 e. The average Bonchev–Trinajstić information content (AvgIpc) is 2.74. The van der Waals surface area contributed by atoms with Crippen LogP contribution in [0.3, 0.4) is 0 Å². The molecule has 0 N–H and O–H groups in total. The maximum absolute atomic E-state index is 13.0. The molecular weight excluding hydrogens is 336 g/mol. The van der Waals surface area contributed by atoms with Gasteiger partial charge >= 0.3 is 0 Å². The predicted octanol–water partition coefficient (Wildman–Crippen LogP) is 3.67. The fourth-order valence-electron chi connectivity index (χ4n) is 3.59. The number of carbonyl (C=O) groups excluding carboxylic acids is 1. The number of pyridine rings is 1. The van der Waals surface area contributed by atoms with E-state index in [-0.39, 0.29) is 5.91 Å². The van der Waals surface area contributed by atoms with Crippen LogP contribution in [0.15, 0.2) is 48.7 Å². The van der Waals surface area contributed by atoms with Crippen LogP contribution in [0.25, 0.3) is 0 Å². The Balaban J connectivity index is 1.65. The highest BCUT2D eigenvalue weighted by Crippen LogP contribution is 2.19. The number of amides is 1. The van der Waals surface area contributed by atoms with Gasteiger partial charge in [-0.15, -0.1) is 0 Å². The fourth-order valence-corrected chi connectivity index (χ4v) is 3.59. The molecule has 1 amide bonds. The Morgan fingerprint density at radius 2 is 1.67 bits per heavy atom. The summed E-state index contributed by atoms with van der Waals surface area (Å²) in [6.07, 6.45) is 3.91. The van der Waals surface area contributed by atoms with Crippen LogP contribution in [0.4, 0.5) is 11.5 Å². The van der Waals surface area contributed by atoms with Gasteiger partial charge in [0.15, 0.2) is 0 Å². The van der Waals surface area contributed by atoms with Crippen molar-refractivity contribution in [2.45, 2.75) is 26.7 Å². The molecule has 144 valence electrons. The molecule has 0 atom stereocenters. The van der Waals surface area contributed by atoms with E-state index in [1.807, 2.05) is 23.1 Å². The van der Waals surface area contributed by atoms with Crippen molar-refractivity contribution in [2.24, 2.45) is 0 Å². The van der Waals surface area contributed by atoms with E-state index in [0.717, 1.165) is 63.5 Å². The summed E-state index contributed by atoms with van der Waals surface area (Å²) in [7, 11) is 0. The topological polar surface area (TPSA) is 39.7 Å². The first kappa shape index (κ1) is 19.2. The number of anilines is 2. The number of para-hydroxylation sites is 1. The second-order valence-electron chi connectivity index (χ2n) is 7.00. The van der Waals surface area contributed by atoms with Crippen LogP contribution >= 0.6 is 0 Å². The molecule has 0 bridgehead atoms. The van der Waals surface area contributed by atoms with Crippen LogP contribution in [0.2, 0.25) is 0 Å². The van der Waals surface area contributed by atoms with E-state index >= 15 is 0 Å². The molecule has 1 aliphatic rings. The lowest BCUT2D eigenvalue weighted by Crippen LogP contribution is -2.48. The van der Waals surface area contributed by atoms with Crippen LogP contribution < -0.4 is 9.80 Å². The summed E-state index contributed by atoms with van der Waals surface area (Å²) in [6.45, 7) is 9.51. The van der Waals surface area contributed by atoms with Crippen molar-refractivity contribution in [3.05, 3.63) is 54.2 Å². The van der Waals surface area contributed by atoms with Crippen molar-refractivity contribution < 1.29 is 4.79 Å². The number of hydrogen-bond acceptors (Lipinski definition) is 4. The summed E-state index contributed by atoms with van der Waals surface area (Å²) in [5, 5.41) is 0. The molecule has 27 heavy (non-hydrogen) atoms. The van der Waals surface area contributed by atoms with Gasteiger partial charge in [0.2, 0.25) is 0 Å². The number of piperazine rings is 1. The van der Waals surface area contributed by atoms with Crippen LogP contribution in [-0.4, -0.2) is 55.1 Å². The standard InChI is InChI=1S/C22H30N4O/c1-3-12-25(13-4-2)21-18-19(10-11-23-21)22(27)26-16-14-24(15-17-26)20-8-6-5-7-9-20/h5-11,18H,3-4,12-17H2,1-2H3. The zero-order valence-corrected chi connectivity index (χ0v) is 16.5. The minimum absolute atomic E-state index is 0.110. The minimum atomic E-state index is 0.110. The first-order chi connectivity index (χ1) is 13.2. The van der Waals surface area contributed by atoms with E-state index in [1.54, 1.807) is 6.20 Å². The van der Waals surface area contributed by atoms with Gasteiger partial charge in [0.1, 0.15) is 5.82 Å². The summed E-state index contributed by atoms with van der Waals surface area (Å²) in [5.41, 5.74) is 1.97. The molecule has 0 saturated carbocycles. The Labute approximate surface area is 162 Å². The molecular formula is C22H30N4O. The normalized spacial score (nSPS) is 14.3. The molecule has 2 aromatic rings. The van der Waals surface area contributed by atoms with Gasteiger partial charge in [-0.05, 0) is 37.1 Å². The summed E-state index contributed by atoms with van der Waals surface area (Å²) >= 11 is 0. The summed E-state index contributed by atoms with van der Waals surface area (Å²) < 4.78 is 0. The van der Waals surface area contributed by atoms with Gasteiger partial charge in [-0.25, -0.2) is 4.98 Å². The largest absolute Gasteiger partial charge is 0.368 e. The number of hydrogen-bond donors (Lipinski definition) is 0. The van der Waals surface area contributed by atoms with Gasteiger partial charge in [0.05, 0.1) is 0 Å². The highest BCUT2D eigenvalue weighted by atomic mass is 16.2. The Morgan fingerprint density at radius 3 is 2.30 bits per heavy atom. The molecule has 0 unspecified atom stereocenters. The van der Waals surface area contributed by atoms with Gasteiger partial charge in [-0.1, -0.05) is 32.0 Å². The van der Waals surface area contributed by atoms with Crippen molar-refractivity contribution in [2.75, 3.05) is 49.1 Å². The predicted molar refractivity (Wildman–Crippen MR) is 112 cm³/mol. The molecule has 5 nitrogen and oxygen atoms in total. The summed E-state index contributed by atoms with van der Waals surface area (Å²) in [5.74, 6) is 1.02. The first-order valence-corrected chi connectivity index (χ1v) is 10.0. The van der Waals surface area contributed by atoms with Crippen molar-refractivity contribution >= 4 is 17.4 Å².